The summed E-state index contributed by atoms with van der Waals surface area (Å²) in [5.41, 5.74) is 1.25. The average Bonchev–Trinajstić information content (AvgIpc) is 2.87. The molecule has 1 fully saturated rings. The van der Waals surface area contributed by atoms with Gasteiger partial charge in [-0.1, -0.05) is 6.42 Å². The highest BCUT2D eigenvalue weighted by Gasteiger charge is 2.32. The summed E-state index contributed by atoms with van der Waals surface area (Å²) in [6.07, 6.45) is 6.81. The standard InChI is InChI=1S/C13H17NO2S/c15-13(16)11-6-9-7-14(8-12(9)17-11)10-4-2-1-3-5-10/h6,10H,1-5,7-8H2,(H,15,16). The molecule has 92 valence electrons. The number of hydrogen-bond acceptors (Lipinski definition) is 3. The first kappa shape index (κ1) is 11.2. The lowest BCUT2D eigenvalue weighted by Gasteiger charge is -2.27. The fourth-order valence-electron chi connectivity index (χ4n) is 3.18. The van der Waals surface area contributed by atoms with Crippen molar-refractivity contribution >= 4 is 17.3 Å². The van der Waals surface area contributed by atoms with Crippen LogP contribution in [0.4, 0.5) is 0 Å². The Bertz CT molecular complexity index is 411. The summed E-state index contributed by atoms with van der Waals surface area (Å²) in [7, 11) is 0. The molecule has 1 unspecified atom stereocenters. The van der Waals surface area contributed by atoms with Gasteiger partial charge in [-0.25, -0.2) is 0 Å². The lowest BCUT2D eigenvalue weighted by molar-refractivity contribution is -0.946. The third-order valence-electron chi connectivity index (χ3n) is 4.09. The third kappa shape index (κ3) is 2.11. The number of rotatable bonds is 2. The molecule has 1 saturated carbocycles. The molecule has 2 aliphatic rings. The van der Waals surface area contributed by atoms with Crippen LogP contribution in [0.15, 0.2) is 6.07 Å². The van der Waals surface area contributed by atoms with Gasteiger partial charge in [-0.15, -0.1) is 11.3 Å². The van der Waals surface area contributed by atoms with E-state index < -0.39 is 5.97 Å². The van der Waals surface area contributed by atoms with Crippen LogP contribution in [0.2, 0.25) is 0 Å². The molecule has 1 aliphatic carbocycles. The lowest BCUT2D eigenvalue weighted by atomic mass is 9.94. The zero-order valence-corrected chi connectivity index (χ0v) is 10.6. The van der Waals surface area contributed by atoms with Gasteiger partial charge < -0.3 is 14.8 Å². The fourth-order valence-corrected chi connectivity index (χ4v) is 4.25. The van der Waals surface area contributed by atoms with Crippen molar-refractivity contribution in [2.45, 2.75) is 51.2 Å². The van der Waals surface area contributed by atoms with Crippen LogP contribution >= 0.6 is 11.3 Å². The van der Waals surface area contributed by atoms with Crippen LogP contribution in [-0.4, -0.2) is 12.0 Å². The molecule has 3 rings (SSSR count). The first-order valence-electron chi connectivity index (χ1n) is 6.41. The minimum atomic E-state index is -1.02. The first-order valence-corrected chi connectivity index (χ1v) is 7.23. The Kier molecular flexibility index (Phi) is 2.92. The highest BCUT2D eigenvalue weighted by atomic mass is 32.1. The fraction of sp³-hybridized carbons (Fsp3) is 0.615. The van der Waals surface area contributed by atoms with Gasteiger partial charge in [0, 0.05) is 5.56 Å². The summed E-state index contributed by atoms with van der Waals surface area (Å²) < 4.78 is 0. The number of aromatic carboxylic acids is 1. The van der Waals surface area contributed by atoms with Crippen molar-refractivity contribution in [1.82, 2.24) is 0 Å². The second kappa shape index (κ2) is 4.42. The lowest BCUT2D eigenvalue weighted by Crippen LogP contribution is -3.11. The maximum atomic E-state index is 10.8. The molecule has 1 aliphatic heterocycles. The van der Waals surface area contributed by atoms with Crippen LogP contribution in [0.5, 0.6) is 0 Å². The highest BCUT2D eigenvalue weighted by Crippen LogP contribution is 2.25. The summed E-state index contributed by atoms with van der Waals surface area (Å²) >= 11 is 1.41. The smallest absolute Gasteiger partial charge is 0.113 e. The Hall–Kier alpha value is -0.870. The van der Waals surface area contributed by atoms with E-state index in [-0.39, 0.29) is 0 Å². The first-order chi connectivity index (χ1) is 8.24. The number of quaternary nitrogens is 1. The Labute approximate surface area is 105 Å². The van der Waals surface area contributed by atoms with Gasteiger partial charge in [0.15, 0.2) is 0 Å². The zero-order valence-electron chi connectivity index (χ0n) is 9.83. The SMILES string of the molecule is O=C([O-])c1cc2c(s1)C[NH+](C1CCCCC1)C2. The molecular weight excluding hydrogens is 234 g/mol. The van der Waals surface area contributed by atoms with E-state index in [4.69, 9.17) is 0 Å². The van der Waals surface area contributed by atoms with E-state index in [0.29, 0.717) is 4.88 Å². The van der Waals surface area contributed by atoms with E-state index in [9.17, 15) is 9.90 Å². The van der Waals surface area contributed by atoms with Gasteiger partial charge in [0.05, 0.1) is 21.8 Å². The van der Waals surface area contributed by atoms with Crippen LogP contribution in [-0.2, 0) is 13.1 Å². The van der Waals surface area contributed by atoms with E-state index >= 15 is 0 Å². The van der Waals surface area contributed by atoms with Crippen LogP contribution in [0.3, 0.4) is 0 Å². The van der Waals surface area contributed by atoms with Crippen molar-refractivity contribution in [3.63, 3.8) is 0 Å². The van der Waals surface area contributed by atoms with Gasteiger partial charge in [-0.2, -0.15) is 0 Å². The Morgan fingerprint density at radius 1 is 1.29 bits per heavy atom. The van der Waals surface area contributed by atoms with Crippen LogP contribution in [0.25, 0.3) is 0 Å². The number of carboxylic acids is 1. The average molecular weight is 251 g/mol. The number of carboxylic acid groups (broad SMARTS) is 1. The molecule has 17 heavy (non-hydrogen) atoms. The highest BCUT2D eigenvalue weighted by molar-refractivity contribution is 7.14. The molecule has 0 saturated heterocycles. The van der Waals surface area contributed by atoms with Crippen molar-refractivity contribution < 1.29 is 14.8 Å². The van der Waals surface area contributed by atoms with Gasteiger partial charge in [-0.05, 0) is 31.7 Å². The van der Waals surface area contributed by atoms with Gasteiger partial charge in [0.25, 0.3) is 0 Å². The van der Waals surface area contributed by atoms with Gasteiger partial charge in [0.2, 0.25) is 0 Å². The van der Waals surface area contributed by atoms with E-state index in [0.717, 1.165) is 19.1 Å². The molecule has 1 N–H and O–H groups in total. The molecule has 0 radical (unpaired) electrons. The molecule has 0 amide bonds. The van der Waals surface area contributed by atoms with E-state index in [1.54, 1.807) is 4.90 Å². The topological polar surface area (TPSA) is 44.6 Å². The third-order valence-corrected chi connectivity index (χ3v) is 5.24. The minimum absolute atomic E-state index is 0.401. The maximum absolute atomic E-state index is 10.8. The van der Waals surface area contributed by atoms with Crippen molar-refractivity contribution in [2.24, 2.45) is 0 Å². The summed E-state index contributed by atoms with van der Waals surface area (Å²) in [6.45, 7) is 2.04. The summed E-state index contributed by atoms with van der Waals surface area (Å²) in [5.74, 6) is -1.02. The van der Waals surface area contributed by atoms with Crippen LogP contribution in [0.1, 0.15) is 52.2 Å². The Balaban J connectivity index is 1.70. The van der Waals surface area contributed by atoms with Crippen LogP contribution in [0, 0.1) is 0 Å². The molecular formula is C13H17NO2S. The predicted molar refractivity (Wildman–Crippen MR) is 63.9 cm³/mol. The van der Waals surface area contributed by atoms with Crippen LogP contribution < -0.4 is 10.0 Å². The summed E-state index contributed by atoms with van der Waals surface area (Å²) in [5, 5.41) is 10.8. The number of nitrogens with one attached hydrogen (secondary N) is 1. The van der Waals surface area contributed by atoms with Crippen molar-refractivity contribution in [2.75, 3.05) is 0 Å². The number of fused-ring (bicyclic) bond motifs is 1. The molecule has 1 aromatic heterocycles. The van der Waals surface area contributed by atoms with Crippen molar-refractivity contribution in [3.05, 3.63) is 21.4 Å². The largest absolute Gasteiger partial charge is 0.544 e. The molecule has 4 heteroatoms. The number of thiophene rings is 1. The molecule has 1 atom stereocenters. The number of hydrogen-bond donors (Lipinski definition) is 1. The number of carbonyl (C=O) groups excluding carboxylic acids is 1. The molecule has 0 bridgehead atoms. The second-order valence-electron chi connectivity index (χ2n) is 5.19. The predicted octanol–water partition coefficient (Wildman–Crippen LogP) is 0.343. The molecule has 3 nitrogen and oxygen atoms in total. The summed E-state index contributed by atoms with van der Waals surface area (Å²) in [4.78, 5) is 14.1. The van der Waals surface area contributed by atoms with Gasteiger partial charge in [-0.3, -0.25) is 0 Å². The summed E-state index contributed by atoms with van der Waals surface area (Å²) in [6, 6.07) is 2.63. The van der Waals surface area contributed by atoms with Gasteiger partial charge in [0.1, 0.15) is 13.1 Å². The molecule has 2 heterocycles. The number of carbonyl (C=O) groups is 1. The molecule has 0 aromatic carbocycles. The Morgan fingerprint density at radius 3 is 2.71 bits per heavy atom. The normalized spacial score (nSPS) is 24.8. The van der Waals surface area contributed by atoms with Crippen molar-refractivity contribution in [3.8, 4) is 0 Å². The van der Waals surface area contributed by atoms with Crippen molar-refractivity contribution in [1.29, 1.82) is 0 Å². The van der Waals surface area contributed by atoms with E-state index in [1.165, 1.54) is 53.9 Å². The maximum Gasteiger partial charge on any atom is 0.113 e. The van der Waals surface area contributed by atoms with E-state index in [1.807, 2.05) is 6.07 Å². The molecule has 0 spiro atoms. The monoisotopic (exact) mass is 251 g/mol. The quantitative estimate of drug-likeness (QED) is 0.824. The minimum Gasteiger partial charge on any atom is -0.544 e. The second-order valence-corrected chi connectivity index (χ2v) is 6.33. The Morgan fingerprint density at radius 2 is 2.06 bits per heavy atom. The molecule has 1 aromatic rings. The zero-order chi connectivity index (χ0) is 11.8. The van der Waals surface area contributed by atoms with E-state index in [2.05, 4.69) is 0 Å². The van der Waals surface area contributed by atoms with Gasteiger partial charge >= 0.3 is 0 Å².